The number of nitrogens with one attached hydrogen (secondary N) is 1. The van der Waals surface area contributed by atoms with Gasteiger partial charge in [0, 0.05) is 5.56 Å². The molecule has 1 heterocycles. The SMILES string of the molecule is Cc1ccc(-c2nnc(SCC(=O)N[C@H]3CCCc4ccccc43)o2)cc1. The third-order valence-corrected chi connectivity index (χ3v) is 5.55. The lowest BCUT2D eigenvalue weighted by atomic mass is 9.88. The highest BCUT2D eigenvalue weighted by molar-refractivity contribution is 7.99. The molecule has 0 saturated heterocycles. The van der Waals surface area contributed by atoms with E-state index in [9.17, 15) is 4.79 Å². The largest absolute Gasteiger partial charge is 0.411 e. The topological polar surface area (TPSA) is 68.0 Å². The zero-order valence-corrected chi connectivity index (χ0v) is 16.0. The Morgan fingerprint density at radius 1 is 1.19 bits per heavy atom. The van der Waals surface area contributed by atoms with Crippen molar-refractivity contribution in [3.63, 3.8) is 0 Å². The lowest BCUT2D eigenvalue weighted by molar-refractivity contribution is -0.119. The molecule has 1 amide bonds. The minimum Gasteiger partial charge on any atom is -0.411 e. The summed E-state index contributed by atoms with van der Waals surface area (Å²) in [7, 11) is 0. The van der Waals surface area contributed by atoms with Crippen LogP contribution in [0.3, 0.4) is 0 Å². The van der Waals surface area contributed by atoms with Crippen LogP contribution in [-0.4, -0.2) is 21.9 Å². The van der Waals surface area contributed by atoms with Crippen LogP contribution in [0.1, 0.15) is 35.6 Å². The molecule has 27 heavy (non-hydrogen) atoms. The van der Waals surface area contributed by atoms with Gasteiger partial charge in [-0.1, -0.05) is 53.7 Å². The lowest BCUT2D eigenvalue weighted by Crippen LogP contribution is -2.32. The van der Waals surface area contributed by atoms with Gasteiger partial charge in [0.1, 0.15) is 0 Å². The first kappa shape index (κ1) is 17.8. The van der Waals surface area contributed by atoms with Gasteiger partial charge in [0.2, 0.25) is 11.8 Å². The Kier molecular flexibility index (Phi) is 5.25. The van der Waals surface area contributed by atoms with Crippen molar-refractivity contribution in [3.8, 4) is 11.5 Å². The first-order chi connectivity index (χ1) is 13.2. The number of fused-ring (bicyclic) bond motifs is 1. The maximum Gasteiger partial charge on any atom is 0.277 e. The van der Waals surface area contributed by atoms with Crippen molar-refractivity contribution < 1.29 is 9.21 Å². The Labute approximate surface area is 162 Å². The van der Waals surface area contributed by atoms with E-state index in [1.54, 1.807) is 0 Å². The number of aryl methyl sites for hydroxylation is 2. The van der Waals surface area contributed by atoms with Crippen molar-refractivity contribution in [3.05, 3.63) is 65.2 Å². The van der Waals surface area contributed by atoms with Gasteiger partial charge in [0.25, 0.3) is 5.22 Å². The summed E-state index contributed by atoms with van der Waals surface area (Å²) in [5.41, 5.74) is 4.62. The van der Waals surface area contributed by atoms with Crippen LogP contribution in [0.25, 0.3) is 11.5 Å². The molecule has 2 aromatic carbocycles. The van der Waals surface area contributed by atoms with E-state index < -0.39 is 0 Å². The molecular formula is C21H21N3O2S. The van der Waals surface area contributed by atoms with Crippen molar-refractivity contribution in [2.45, 2.75) is 37.5 Å². The summed E-state index contributed by atoms with van der Waals surface area (Å²) < 4.78 is 5.67. The Hall–Kier alpha value is -2.60. The predicted octanol–water partition coefficient (Wildman–Crippen LogP) is 4.33. The van der Waals surface area contributed by atoms with Crippen molar-refractivity contribution in [2.24, 2.45) is 0 Å². The fourth-order valence-corrected chi connectivity index (χ4v) is 3.92. The fraction of sp³-hybridized carbons (Fsp3) is 0.286. The quantitative estimate of drug-likeness (QED) is 0.668. The highest BCUT2D eigenvalue weighted by Gasteiger charge is 2.21. The molecule has 1 aliphatic carbocycles. The molecule has 0 unspecified atom stereocenters. The number of hydrogen-bond donors (Lipinski definition) is 1. The van der Waals surface area contributed by atoms with Gasteiger partial charge in [-0.05, 0) is 49.4 Å². The molecule has 6 heteroatoms. The summed E-state index contributed by atoms with van der Waals surface area (Å²) in [5, 5.41) is 11.7. The number of amides is 1. The first-order valence-corrected chi connectivity index (χ1v) is 10.1. The number of benzene rings is 2. The van der Waals surface area contributed by atoms with Crippen LogP contribution in [0.4, 0.5) is 0 Å². The van der Waals surface area contributed by atoms with Gasteiger partial charge in [0.05, 0.1) is 11.8 Å². The van der Waals surface area contributed by atoms with Gasteiger partial charge >= 0.3 is 0 Å². The summed E-state index contributed by atoms with van der Waals surface area (Å²) in [4.78, 5) is 12.4. The number of aromatic nitrogens is 2. The van der Waals surface area contributed by atoms with Crippen LogP contribution < -0.4 is 5.32 Å². The molecule has 1 aliphatic rings. The Balaban J connectivity index is 1.34. The van der Waals surface area contributed by atoms with E-state index in [0.717, 1.165) is 24.8 Å². The van der Waals surface area contributed by atoms with Crippen molar-refractivity contribution in [1.82, 2.24) is 15.5 Å². The molecule has 0 fully saturated rings. The number of hydrogen-bond acceptors (Lipinski definition) is 5. The van der Waals surface area contributed by atoms with E-state index in [1.165, 1.54) is 28.5 Å². The minimum atomic E-state index is -0.0169. The monoisotopic (exact) mass is 379 g/mol. The average Bonchev–Trinajstić information content (AvgIpc) is 3.16. The Morgan fingerprint density at radius 2 is 2.00 bits per heavy atom. The van der Waals surface area contributed by atoms with Crippen molar-refractivity contribution in [1.29, 1.82) is 0 Å². The second kappa shape index (κ2) is 7.96. The first-order valence-electron chi connectivity index (χ1n) is 9.09. The van der Waals surface area contributed by atoms with Gasteiger partial charge < -0.3 is 9.73 Å². The molecule has 4 rings (SSSR count). The van der Waals surface area contributed by atoms with E-state index >= 15 is 0 Å². The molecule has 0 saturated carbocycles. The standard InChI is InChI=1S/C21H21N3O2S/c1-14-9-11-16(12-10-14)20-23-24-21(26-20)27-13-19(25)22-18-8-4-6-15-5-2-3-7-17(15)18/h2-3,5,7,9-12,18H,4,6,8,13H2,1H3,(H,22,25)/t18-/m0/s1. The molecule has 0 radical (unpaired) electrons. The predicted molar refractivity (Wildman–Crippen MR) is 105 cm³/mol. The summed E-state index contributed by atoms with van der Waals surface area (Å²) >= 11 is 1.26. The lowest BCUT2D eigenvalue weighted by Gasteiger charge is -2.26. The normalized spacial score (nSPS) is 16.0. The van der Waals surface area contributed by atoms with Crippen LogP contribution in [-0.2, 0) is 11.2 Å². The molecule has 3 aromatic rings. The number of carbonyl (C=O) groups excluding carboxylic acids is 1. The van der Waals surface area contributed by atoms with Gasteiger partial charge in [-0.2, -0.15) is 0 Å². The number of nitrogens with zero attached hydrogens (tertiary/aromatic N) is 2. The highest BCUT2D eigenvalue weighted by Crippen LogP contribution is 2.30. The summed E-state index contributed by atoms with van der Waals surface area (Å²) in [6, 6.07) is 16.3. The Bertz CT molecular complexity index is 937. The van der Waals surface area contributed by atoms with Crippen molar-refractivity contribution in [2.75, 3.05) is 5.75 Å². The summed E-state index contributed by atoms with van der Waals surface area (Å²) in [5.74, 6) is 0.713. The van der Waals surface area contributed by atoms with Gasteiger partial charge in [-0.15, -0.1) is 10.2 Å². The molecule has 138 valence electrons. The van der Waals surface area contributed by atoms with Crippen LogP contribution in [0.2, 0.25) is 0 Å². The second-order valence-corrected chi connectivity index (χ2v) is 7.67. The van der Waals surface area contributed by atoms with Gasteiger partial charge in [-0.3, -0.25) is 4.79 Å². The van der Waals surface area contributed by atoms with E-state index in [1.807, 2.05) is 37.3 Å². The van der Waals surface area contributed by atoms with Crippen LogP contribution >= 0.6 is 11.8 Å². The third-order valence-electron chi connectivity index (χ3n) is 4.74. The highest BCUT2D eigenvalue weighted by atomic mass is 32.2. The smallest absolute Gasteiger partial charge is 0.277 e. The van der Waals surface area contributed by atoms with Gasteiger partial charge in [-0.25, -0.2) is 0 Å². The third kappa shape index (κ3) is 4.22. The van der Waals surface area contributed by atoms with E-state index in [-0.39, 0.29) is 17.7 Å². The number of rotatable bonds is 5. The maximum atomic E-state index is 12.4. The molecule has 1 N–H and O–H groups in total. The minimum absolute atomic E-state index is 0.0169. The summed E-state index contributed by atoms with van der Waals surface area (Å²) in [6.07, 6.45) is 3.16. The molecular weight excluding hydrogens is 358 g/mol. The molecule has 1 atom stereocenters. The average molecular weight is 379 g/mol. The van der Waals surface area contributed by atoms with Crippen LogP contribution in [0.15, 0.2) is 58.2 Å². The molecule has 0 aliphatic heterocycles. The molecule has 5 nitrogen and oxygen atoms in total. The van der Waals surface area contributed by atoms with E-state index in [4.69, 9.17) is 4.42 Å². The fourth-order valence-electron chi connectivity index (χ4n) is 3.35. The van der Waals surface area contributed by atoms with Crippen molar-refractivity contribution >= 4 is 17.7 Å². The molecule has 1 aromatic heterocycles. The Morgan fingerprint density at radius 3 is 2.85 bits per heavy atom. The zero-order valence-electron chi connectivity index (χ0n) is 15.1. The van der Waals surface area contributed by atoms with E-state index in [2.05, 4.69) is 33.7 Å². The second-order valence-electron chi connectivity index (χ2n) is 6.74. The molecule has 0 bridgehead atoms. The van der Waals surface area contributed by atoms with Gasteiger partial charge in [0.15, 0.2) is 0 Å². The zero-order chi connectivity index (χ0) is 18.6. The number of thioether (sulfide) groups is 1. The van der Waals surface area contributed by atoms with Crippen LogP contribution in [0, 0.1) is 6.92 Å². The maximum absolute atomic E-state index is 12.4. The van der Waals surface area contributed by atoms with Crippen LogP contribution in [0.5, 0.6) is 0 Å². The molecule has 0 spiro atoms. The number of carbonyl (C=O) groups is 1. The summed E-state index contributed by atoms with van der Waals surface area (Å²) in [6.45, 7) is 2.03. The van der Waals surface area contributed by atoms with E-state index in [0.29, 0.717) is 11.1 Å².